The van der Waals surface area contributed by atoms with Crippen LogP contribution < -0.4 is 10.6 Å². The van der Waals surface area contributed by atoms with Crippen molar-refractivity contribution in [3.63, 3.8) is 0 Å². The molecule has 26 heavy (non-hydrogen) atoms. The van der Waals surface area contributed by atoms with Gasteiger partial charge in [0.2, 0.25) is 0 Å². The number of furan rings is 1. The van der Waals surface area contributed by atoms with Crippen LogP contribution in [-0.2, 0) is 4.79 Å². The molecular weight excluding hydrogens is 328 g/mol. The number of nitrogens with one attached hydrogen (secondary N) is 2. The summed E-state index contributed by atoms with van der Waals surface area (Å²) in [7, 11) is 0. The average molecular weight is 346 g/mol. The van der Waals surface area contributed by atoms with Gasteiger partial charge in [0.15, 0.2) is 0 Å². The van der Waals surface area contributed by atoms with Crippen molar-refractivity contribution in [3.8, 4) is 0 Å². The maximum absolute atomic E-state index is 12.6. The minimum Gasteiger partial charge on any atom is -0.465 e. The van der Waals surface area contributed by atoms with Crippen LogP contribution in [-0.4, -0.2) is 11.8 Å². The minimum absolute atomic E-state index is 0.0920. The Balaban J connectivity index is 1.82. The molecule has 3 rings (SSSR count). The quantitative estimate of drug-likeness (QED) is 0.686. The molecule has 0 aliphatic rings. The fraction of sp³-hybridized carbons (Fsp3) is 0.0476. The summed E-state index contributed by atoms with van der Waals surface area (Å²) in [5.41, 5.74) is 2.24. The van der Waals surface area contributed by atoms with E-state index in [1.165, 1.54) is 12.3 Å². The number of aryl methyl sites for hydroxylation is 1. The van der Waals surface area contributed by atoms with Crippen LogP contribution in [0.2, 0.25) is 0 Å². The second-order valence-electron chi connectivity index (χ2n) is 5.71. The highest BCUT2D eigenvalue weighted by Gasteiger charge is 2.15. The van der Waals surface area contributed by atoms with Crippen LogP contribution in [0.1, 0.15) is 21.7 Å². The predicted octanol–water partition coefficient (Wildman–Crippen LogP) is 4.00. The van der Waals surface area contributed by atoms with Crippen molar-refractivity contribution in [2.45, 2.75) is 6.92 Å². The third kappa shape index (κ3) is 4.48. The van der Waals surface area contributed by atoms with Crippen LogP contribution in [0.3, 0.4) is 0 Å². The van der Waals surface area contributed by atoms with Gasteiger partial charge in [0.05, 0.1) is 6.26 Å². The highest BCUT2D eigenvalue weighted by molar-refractivity contribution is 6.10. The fourth-order valence-corrected chi connectivity index (χ4v) is 2.29. The molecule has 0 aliphatic carbocycles. The molecule has 5 nitrogen and oxygen atoms in total. The summed E-state index contributed by atoms with van der Waals surface area (Å²) in [6.45, 7) is 1.94. The zero-order chi connectivity index (χ0) is 18.4. The highest BCUT2D eigenvalue weighted by Crippen LogP contribution is 2.11. The van der Waals surface area contributed by atoms with Gasteiger partial charge >= 0.3 is 0 Å². The van der Waals surface area contributed by atoms with Crippen molar-refractivity contribution >= 4 is 23.6 Å². The van der Waals surface area contributed by atoms with Gasteiger partial charge in [0, 0.05) is 17.3 Å². The Kier molecular flexibility index (Phi) is 5.29. The fourth-order valence-electron chi connectivity index (χ4n) is 2.29. The van der Waals surface area contributed by atoms with E-state index in [0.29, 0.717) is 17.0 Å². The molecular formula is C21H18N2O3. The molecule has 3 aromatic rings. The Labute approximate surface area is 151 Å². The molecule has 0 spiro atoms. The average Bonchev–Trinajstić information content (AvgIpc) is 3.15. The third-order valence-corrected chi connectivity index (χ3v) is 3.67. The molecule has 0 bridgehead atoms. The standard InChI is InChI=1S/C21H18N2O3/c1-15-9-11-16(12-10-15)20(24)23-19(14-18-8-5-13-26-18)21(25)22-17-6-3-2-4-7-17/h2-14H,1H3,(H,22,25)(H,23,24)/b19-14+. The van der Waals surface area contributed by atoms with E-state index < -0.39 is 5.91 Å². The molecule has 0 fully saturated rings. The lowest BCUT2D eigenvalue weighted by Gasteiger charge is -2.11. The zero-order valence-corrected chi connectivity index (χ0v) is 14.2. The summed E-state index contributed by atoms with van der Waals surface area (Å²) in [6, 6.07) is 19.5. The zero-order valence-electron chi connectivity index (χ0n) is 14.2. The van der Waals surface area contributed by atoms with Gasteiger partial charge in [-0.1, -0.05) is 35.9 Å². The van der Waals surface area contributed by atoms with Crippen LogP contribution >= 0.6 is 0 Å². The van der Waals surface area contributed by atoms with Gasteiger partial charge in [-0.3, -0.25) is 9.59 Å². The Morgan fingerprint density at radius 2 is 1.65 bits per heavy atom. The van der Waals surface area contributed by atoms with E-state index in [1.54, 1.807) is 36.4 Å². The van der Waals surface area contributed by atoms with Crippen LogP contribution in [0.25, 0.3) is 6.08 Å². The van der Waals surface area contributed by atoms with Crippen LogP contribution in [0.4, 0.5) is 5.69 Å². The first-order valence-corrected chi connectivity index (χ1v) is 8.11. The SMILES string of the molecule is Cc1ccc(C(=O)N/C(=C/c2ccco2)C(=O)Nc2ccccc2)cc1. The van der Waals surface area contributed by atoms with E-state index in [4.69, 9.17) is 4.42 Å². The number of amides is 2. The monoisotopic (exact) mass is 346 g/mol. The van der Waals surface area contributed by atoms with E-state index in [0.717, 1.165) is 5.56 Å². The predicted molar refractivity (Wildman–Crippen MR) is 100 cm³/mol. The number of hydrogen-bond acceptors (Lipinski definition) is 3. The van der Waals surface area contributed by atoms with Gasteiger partial charge in [-0.25, -0.2) is 0 Å². The summed E-state index contributed by atoms with van der Waals surface area (Å²) in [5, 5.41) is 5.42. The molecule has 0 radical (unpaired) electrons. The number of rotatable bonds is 5. The minimum atomic E-state index is -0.437. The summed E-state index contributed by atoms with van der Waals surface area (Å²) in [4.78, 5) is 25.1. The molecule has 0 saturated carbocycles. The molecule has 1 aromatic heterocycles. The smallest absolute Gasteiger partial charge is 0.272 e. The van der Waals surface area contributed by atoms with Crippen LogP contribution in [0.5, 0.6) is 0 Å². The molecule has 0 unspecified atom stereocenters. The van der Waals surface area contributed by atoms with Crippen molar-refractivity contribution in [1.82, 2.24) is 5.32 Å². The van der Waals surface area contributed by atoms with Gasteiger partial charge < -0.3 is 15.1 Å². The van der Waals surface area contributed by atoms with E-state index in [1.807, 2.05) is 37.3 Å². The maximum atomic E-state index is 12.6. The van der Waals surface area contributed by atoms with E-state index in [9.17, 15) is 9.59 Å². The molecule has 0 aliphatic heterocycles. The van der Waals surface area contributed by atoms with Crippen molar-refractivity contribution in [1.29, 1.82) is 0 Å². The highest BCUT2D eigenvalue weighted by atomic mass is 16.3. The first-order valence-electron chi connectivity index (χ1n) is 8.11. The first kappa shape index (κ1) is 17.2. The molecule has 2 N–H and O–H groups in total. The molecule has 130 valence electrons. The molecule has 0 atom stereocenters. The first-order chi connectivity index (χ1) is 12.6. The second-order valence-corrected chi connectivity index (χ2v) is 5.71. The number of benzene rings is 2. The summed E-state index contributed by atoms with van der Waals surface area (Å²) in [5.74, 6) is -0.341. The van der Waals surface area contributed by atoms with E-state index in [-0.39, 0.29) is 11.6 Å². The summed E-state index contributed by atoms with van der Waals surface area (Å²) in [6.07, 6.45) is 2.99. The second kappa shape index (κ2) is 7.98. The van der Waals surface area contributed by atoms with Gasteiger partial charge in [-0.15, -0.1) is 0 Å². The number of hydrogen-bond donors (Lipinski definition) is 2. The third-order valence-electron chi connectivity index (χ3n) is 3.67. The Hall–Kier alpha value is -3.60. The molecule has 5 heteroatoms. The number of carbonyl (C=O) groups is 2. The van der Waals surface area contributed by atoms with Crippen molar-refractivity contribution < 1.29 is 14.0 Å². The van der Waals surface area contributed by atoms with Gasteiger partial charge in [-0.2, -0.15) is 0 Å². The summed E-state index contributed by atoms with van der Waals surface area (Å²) < 4.78 is 5.26. The van der Waals surface area contributed by atoms with E-state index >= 15 is 0 Å². The summed E-state index contributed by atoms with van der Waals surface area (Å²) >= 11 is 0. The lowest BCUT2D eigenvalue weighted by molar-refractivity contribution is -0.113. The largest absolute Gasteiger partial charge is 0.465 e. The lowest BCUT2D eigenvalue weighted by Crippen LogP contribution is -2.30. The Morgan fingerprint density at radius 3 is 2.31 bits per heavy atom. The van der Waals surface area contributed by atoms with Crippen LogP contribution in [0, 0.1) is 6.92 Å². The molecule has 2 aromatic carbocycles. The van der Waals surface area contributed by atoms with Gasteiger partial charge in [0.25, 0.3) is 11.8 Å². The van der Waals surface area contributed by atoms with Gasteiger partial charge in [0.1, 0.15) is 11.5 Å². The van der Waals surface area contributed by atoms with Crippen molar-refractivity contribution in [2.24, 2.45) is 0 Å². The number of para-hydroxylation sites is 1. The Bertz CT molecular complexity index is 912. The van der Waals surface area contributed by atoms with E-state index in [2.05, 4.69) is 10.6 Å². The molecule has 2 amide bonds. The molecule has 1 heterocycles. The normalized spacial score (nSPS) is 11.0. The van der Waals surface area contributed by atoms with Crippen molar-refractivity contribution in [3.05, 3.63) is 95.6 Å². The van der Waals surface area contributed by atoms with Crippen LogP contribution in [0.15, 0.2) is 83.1 Å². The number of carbonyl (C=O) groups excluding carboxylic acids is 2. The lowest BCUT2D eigenvalue weighted by atomic mass is 10.1. The Morgan fingerprint density at radius 1 is 0.923 bits per heavy atom. The molecule has 0 saturated heterocycles. The maximum Gasteiger partial charge on any atom is 0.272 e. The topological polar surface area (TPSA) is 71.3 Å². The van der Waals surface area contributed by atoms with Gasteiger partial charge in [-0.05, 0) is 43.3 Å². The van der Waals surface area contributed by atoms with Crippen molar-refractivity contribution in [2.75, 3.05) is 5.32 Å². The number of anilines is 1.